The normalized spacial score (nSPS) is 11.0. The first-order valence-corrected chi connectivity index (χ1v) is 7.18. The molecule has 0 aliphatic carbocycles. The van der Waals surface area contributed by atoms with Gasteiger partial charge >= 0.3 is 0 Å². The second-order valence-corrected chi connectivity index (χ2v) is 5.22. The van der Waals surface area contributed by atoms with Crippen LogP contribution in [0.25, 0.3) is 0 Å². The standard InChI is InChI=1S/C18H19N3O.ClH/c1-13(17-7-4-8-18(10-17)21-14(2)22)20-12-16-6-3-5-15(9-16)11-19;/h3-10,13,20H,12H2,1-2H3,(H,21,22);1H. The van der Waals surface area contributed by atoms with Gasteiger partial charge in [0.2, 0.25) is 5.91 Å². The minimum absolute atomic E-state index is 0. The Morgan fingerprint density at radius 2 is 1.96 bits per heavy atom. The van der Waals surface area contributed by atoms with Gasteiger partial charge in [-0.3, -0.25) is 4.79 Å². The van der Waals surface area contributed by atoms with Crippen LogP contribution in [0.4, 0.5) is 5.69 Å². The summed E-state index contributed by atoms with van der Waals surface area (Å²) in [5, 5.41) is 15.1. The Kier molecular flexibility index (Phi) is 7.27. The van der Waals surface area contributed by atoms with Gasteiger partial charge in [-0.1, -0.05) is 24.3 Å². The highest BCUT2D eigenvalue weighted by Gasteiger charge is 2.06. The van der Waals surface area contributed by atoms with Crippen molar-refractivity contribution in [3.63, 3.8) is 0 Å². The van der Waals surface area contributed by atoms with Gasteiger partial charge in [0.05, 0.1) is 11.6 Å². The van der Waals surface area contributed by atoms with Gasteiger partial charge in [0.25, 0.3) is 0 Å². The Morgan fingerprint density at radius 3 is 2.65 bits per heavy atom. The van der Waals surface area contributed by atoms with Crippen molar-refractivity contribution in [3.8, 4) is 6.07 Å². The second-order valence-electron chi connectivity index (χ2n) is 5.22. The summed E-state index contributed by atoms with van der Waals surface area (Å²) in [6, 6.07) is 17.6. The third-order valence-electron chi connectivity index (χ3n) is 3.38. The van der Waals surface area contributed by atoms with E-state index in [4.69, 9.17) is 5.26 Å². The second kappa shape index (κ2) is 8.94. The van der Waals surface area contributed by atoms with Crippen molar-refractivity contribution in [1.82, 2.24) is 5.32 Å². The summed E-state index contributed by atoms with van der Waals surface area (Å²) in [6.07, 6.45) is 0. The third kappa shape index (κ3) is 5.74. The number of halogens is 1. The summed E-state index contributed by atoms with van der Waals surface area (Å²) in [6.45, 7) is 4.25. The van der Waals surface area contributed by atoms with Gasteiger partial charge in [0.1, 0.15) is 0 Å². The van der Waals surface area contributed by atoms with Gasteiger partial charge in [0, 0.05) is 25.2 Å². The first-order chi connectivity index (χ1) is 10.6. The Morgan fingerprint density at radius 1 is 1.22 bits per heavy atom. The fraction of sp³-hybridized carbons (Fsp3) is 0.222. The molecule has 4 nitrogen and oxygen atoms in total. The van der Waals surface area contributed by atoms with Gasteiger partial charge in [-0.05, 0) is 42.3 Å². The average molecular weight is 330 g/mol. The van der Waals surface area contributed by atoms with Crippen LogP contribution in [-0.4, -0.2) is 5.91 Å². The molecule has 2 N–H and O–H groups in total. The number of hydrogen-bond donors (Lipinski definition) is 2. The lowest BCUT2D eigenvalue weighted by molar-refractivity contribution is -0.114. The fourth-order valence-corrected chi connectivity index (χ4v) is 2.23. The molecule has 0 aliphatic heterocycles. The number of rotatable bonds is 5. The zero-order valence-corrected chi connectivity index (χ0v) is 14.0. The molecule has 0 fully saturated rings. The quantitative estimate of drug-likeness (QED) is 0.877. The van der Waals surface area contributed by atoms with Gasteiger partial charge < -0.3 is 10.6 Å². The predicted octanol–water partition coefficient (Wildman–Crippen LogP) is 3.79. The highest BCUT2D eigenvalue weighted by Crippen LogP contribution is 2.18. The van der Waals surface area contributed by atoms with E-state index in [0.29, 0.717) is 12.1 Å². The molecule has 0 aliphatic rings. The minimum atomic E-state index is -0.0777. The Hall–Kier alpha value is -2.35. The summed E-state index contributed by atoms with van der Waals surface area (Å²) in [4.78, 5) is 11.1. The molecule has 2 aromatic rings. The Balaban J connectivity index is 0.00000264. The predicted molar refractivity (Wildman–Crippen MR) is 94.4 cm³/mol. The number of nitriles is 1. The first kappa shape index (κ1) is 18.7. The number of hydrogen-bond acceptors (Lipinski definition) is 3. The van der Waals surface area contributed by atoms with Crippen molar-refractivity contribution in [3.05, 3.63) is 65.2 Å². The third-order valence-corrected chi connectivity index (χ3v) is 3.38. The molecular formula is C18H20ClN3O. The largest absolute Gasteiger partial charge is 0.326 e. The molecular weight excluding hydrogens is 310 g/mol. The van der Waals surface area contributed by atoms with Crippen molar-refractivity contribution >= 4 is 24.0 Å². The van der Waals surface area contributed by atoms with E-state index in [2.05, 4.69) is 23.6 Å². The van der Waals surface area contributed by atoms with Crippen LogP contribution in [0.15, 0.2) is 48.5 Å². The molecule has 0 saturated heterocycles. The number of nitrogens with one attached hydrogen (secondary N) is 2. The highest BCUT2D eigenvalue weighted by molar-refractivity contribution is 5.88. The van der Waals surface area contributed by atoms with E-state index in [1.165, 1.54) is 6.92 Å². The van der Waals surface area contributed by atoms with E-state index in [1.807, 2.05) is 42.5 Å². The molecule has 5 heteroatoms. The molecule has 0 bridgehead atoms. The smallest absolute Gasteiger partial charge is 0.221 e. The molecule has 0 spiro atoms. The van der Waals surface area contributed by atoms with Crippen LogP contribution in [-0.2, 0) is 11.3 Å². The van der Waals surface area contributed by atoms with Crippen LogP contribution >= 0.6 is 12.4 Å². The lowest BCUT2D eigenvalue weighted by Gasteiger charge is -2.15. The van der Waals surface area contributed by atoms with Crippen LogP contribution in [0, 0.1) is 11.3 Å². The molecule has 23 heavy (non-hydrogen) atoms. The number of amides is 1. The maximum atomic E-state index is 11.1. The molecule has 1 atom stereocenters. The maximum absolute atomic E-state index is 11.1. The van der Waals surface area contributed by atoms with Crippen molar-refractivity contribution in [2.24, 2.45) is 0 Å². The lowest BCUT2D eigenvalue weighted by Crippen LogP contribution is -2.18. The Labute approximate surface area is 142 Å². The topological polar surface area (TPSA) is 64.9 Å². The zero-order valence-electron chi connectivity index (χ0n) is 13.2. The maximum Gasteiger partial charge on any atom is 0.221 e. The number of carbonyl (C=O) groups is 1. The lowest BCUT2D eigenvalue weighted by atomic mass is 10.1. The molecule has 120 valence electrons. The summed E-state index contributed by atoms with van der Waals surface area (Å²) in [5.74, 6) is -0.0777. The van der Waals surface area contributed by atoms with E-state index < -0.39 is 0 Å². The monoisotopic (exact) mass is 329 g/mol. The van der Waals surface area contributed by atoms with Gasteiger partial charge in [0.15, 0.2) is 0 Å². The van der Waals surface area contributed by atoms with Gasteiger partial charge in [-0.2, -0.15) is 5.26 Å². The van der Waals surface area contributed by atoms with Crippen LogP contribution in [0.5, 0.6) is 0 Å². The SMILES string of the molecule is CC(=O)Nc1cccc(C(C)NCc2cccc(C#N)c2)c1.Cl. The molecule has 0 heterocycles. The molecule has 2 rings (SSSR count). The zero-order chi connectivity index (χ0) is 15.9. The minimum Gasteiger partial charge on any atom is -0.326 e. The van der Waals surface area contributed by atoms with Crippen molar-refractivity contribution < 1.29 is 4.79 Å². The van der Waals surface area contributed by atoms with E-state index in [1.54, 1.807) is 6.07 Å². The van der Waals surface area contributed by atoms with Gasteiger partial charge in [-0.15, -0.1) is 12.4 Å². The number of nitrogens with zero attached hydrogens (tertiary/aromatic N) is 1. The van der Waals surface area contributed by atoms with E-state index in [0.717, 1.165) is 16.8 Å². The van der Waals surface area contributed by atoms with Crippen LogP contribution in [0.3, 0.4) is 0 Å². The van der Waals surface area contributed by atoms with E-state index in [-0.39, 0.29) is 24.4 Å². The Bertz CT molecular complexity index is 709. The summed E-state index contributed by atoms with van der Waals surface area (Å²) in [5.41, 5.74) is 3.64. The van der Waals surface area contributed by atoms with Crippen molar-refractivity contribution in [1.29, 1.82) is 5.26 Å². The number of anilines is 1. The number of benzene rings is 2. The average Bonchev–Trinajstić information content (AvgIpc) is 2.52. The molecule has 1 amide bonds. The highest BCUT2D eigenvalue weighted by atomic mass is 35.5. The van der Waals surface area contributed by atoms with Crippen molar-refractivity contribution in [2.75, 3.05) is 5.32 Å². The van der Waals surface area contributed by atoms with E-state index in [9.17, 15) is 4.79 Å². The van der Waals surface area contributed by atoms with Crippen LogP contribution < -0.4 is 10.6 Å². The van der Waals surface area contributed by atoms with Gasteiger partial charge in [-0.25, -0.2) is 0 Å². The van der Waals surface area contributed by atoms with Crippen LogP contribution in [0.1, 0.15) is 36.6 Å². The van der Waals surface area contributed by atoms with Crippen molar-refractivity contribution in [2.45, 2.75) is 26.4 Å². The van der Waals surface area contributed by atoms with E-state index >= 15 is 0 Å². The van der Waals surface area contributed by atoms with Crippen LogP contribution in [0.2, 0.25) is 0 Å². The summed E-state index contributed by atoms with van der Waals surface area (Å²) in [7, 11) is 0. The fourth-order valence-electron chi connectivity index (χ4n) is 2.23. The summed E-state index contributed by atoms with van der Waals surface area (Å²) >= 11 is 0. The molecule has 0 saturated carbocycles. The molecule has 0 aromatic heterocycles. The first-order valence-electron chi connectivity index (χ1n) is 7.18. The number of carbonyl (C=O) groups excluding carboxylic acids is 1. The summed E-state index contributed by atoms with van der Waals surface area (Å²) < 4.78 is 0. The molecule has 0 radical (unpaired) electrons. The molecule has 1 unspecified atom stereocenters. The molecule has 2 aromatic carbocycles.